The molecule has 0 fully saturated rings. The molecule has 4 heteroatoms. The molecule has 2 rings (SSSR count). The third kappa shape index (κ3) is 4.18. The van der Waals surface area contributed by atoms with Gasteiger partial charge in [-0.3, -0.25) is 4.79 Å². The van der Waals surface area contributed by atoms with Gasteiger partial charge in [0.1, 0.15) is 0 Å². The van der Waals surface area contributed by atoms with Crippen molar-refractivity contribution in [3.05, 3.63) is 56.7 Å². The molecule has 1 unspecified atom stereocenters. The lowest BCUT2D eigenvalue weighted by molar-refractivity contribution is -0.141. The Morgan fingerprint density at radius 3 is 2.74 bits per heavy atom. The van der Waals surface area contributed by atoms with Gasteiger partial charge < -0.3 is 5.11 Å². The van der Waals surface area contributed by atoms with Gasteiger partial charge in [-0.2, -0.15) is 11.3 Å². The van der Waals surface area contributed by atoms with Crippen LogP contribution in [0.2, 0.25) is 0 Å². The molecule has 0 aliphatic rings. The molecule has 100 valence electrons. The average molecular weight is 339 g/mol. The van der Waals surface area contributed by atoms with E-state index in [1.165, 1.54) is 5.56 Å². The molecule has 0 aliphatic carbocycles. The zero-order chi connectivity index (χ0) is 13.7. The SMILES string of the molecule is O=C(O)C(CCc1ccsc1)Cc1ccccc1Br. The van der Waals surface area contributed by atoms with E-state index in [0.29, 0.717) is 12.8 Å². The van der Waals surface area contributed by atoms with E-state index in [1.807, 2.05) is 29.6 Å². The van der Waals surface area contributed by atoms with Gasteiger partial charge in [-0.15, -0.1) is 0 Å². The second kappa shape index (κ2) is 6.87. The molecular formula is C15H15BrO2S. The summed E-state index contributed by atoms with van der Waals surface area (Å²) in [6.07, 6.45) is 2.07. The Morgan fingerprint density at radius 2 is 2.11 bits per heavy atom. The van der Waals surface area contributed by atoms with Crippen molar-refractivity contribution in [1.82, 2.24) is 0 Å². The number of thiophene rings is 1. The second-order valence-electron chi connectivity index (χ2n) is 4.50. The monoisotopic (exact) mass is 338 g/mol. The standard InChI is InChI=1S/C15H15BrO2S/c16-14-4-2-1-3-12(14)9-13(15(17)18)6-5-11-7-8-19-10-11/h1-4,7-8,10,13H,5-6,9H2,(H,17,18). The van der Waals surface area contributed by atoms with Gasteiger partial charge in [-0.05, 0) is 53.3 Å². The third-order valence-corrected chi connectivity index (χ3v) is 4.64. The molecule has 1 aromatic carbocycles. The lowest BCUT2D eigenvalue weighted by Crippen LogP contribution is -2.17. The van der Waals surface area contributed by atoms with E-state index in [1.54, 1.807) is 11.3 Å². The Morgan fingerprint density at radius 1 is 1.32 bits per heavy atom. The molecule has 0 saturated carbocycles. The van der Waals surface area contributed by atoms with Gasteiger partial charge in [0.15, 0.2) is 0 Å². The van der Waals surface area contributed by atoms with Gasteiger partial charge >= 0.3 is 5.97 Å². The Hall–Kier alpha value is -1.13. The number of halogens is 1. The number of aryl methyl sites for hydroxylation is 1. The minimum atomic E-state index is -0.717. The number of benzene rings is 1. The summed E-state index contributed by atoms with van der Waals surface area (Å²) < 4.78 is 0.983. The van der Waals surface area contributed by atoms with Crippen LogP contribution in [0.3, 0.4) is 0 Å². The van der Waals surface area contributed by atoms with Gasteiger partial charge in [-0.1, -0.05) is 34.1 Å². The van der Waals surface area contributed by atoms with E-state index in [2.05, 4.69) is 27.4 Å². The third-order valence-electron chi connectivity index (χ3n) is 3.13. The molecule has 2 aromatic rings. The predicted molar refractivity (Wildman–Crippen MR) is 81.6 cm³/mol. The zero-order valence-corrected chi connectivity index (χ0v) is 12.8. The van der Waals surface area contributed by atoms with Gasteiger partial charge in [-0.25, -0.2) is 0 Å². The number of carboxylic acid groups (broad SMARTS) is 1. The maximum absolute atomic E-state index is 11.4. The highest BCUT2D eigenvalue weighted by Gasteiger charge is 2.19. The van der Waals surface area contributed by atoms with Gasteiger partial charge in [0.25, 0.3) is 0 Å². The van der Waals surface area contributed by atoms with E-state index in [0.717, 1.165) is 16.5 Å². The molecular weight excluding hydrogens is 324 g/mol. The average Bonchev–Trinajstić information content (AvgIpc) is 2.89. The van der Waals surface area contributed by atoms with Gasteiger partial charge in [0.05, 0.1) is 5.92 Å². The fraction of sp³-hybridized carbons (Fsp3) is 0.267. The van der Waals surface area contributed by atoms with E-state index >= 15 is 0 Å². The highest BCUT2D eigenvalue weighted by atomic mass is 79.9. The van der Waals surface area contributed by atoms with Crippen molar-refractivity contribution in [1.29, 1.82) is 0 Å². The van der Waals surface area contributed by atoms with Crippen molar-refractivity contribution < 1.29 is 9.90 Å². The van der Waals surface area contributed by atoms with Crippen LogP contribution in [-0.4, -0.2) is 11.1 Å². The number of hydrogen-bond donors (Lipinski definition) is 1. The molecule has 0 radical (unpaired) electrons. The zero-order valence-electron chi connectivity index (χ0n) is 10.4. The van der Waals surface area contributed by atoms with Crippen LogP contribution in [0.4, 0.5) is 0 Å². The number of carbonyl (C=O) groups is 1. The highest BCUT2D eigenvalue weighted by molar-refractivity contribution is 9.10. The summed E-state index contributed by atoms with van der Waals surface area (Å²) in [4.78, 5) is 11.4. The lowest BCUT2D eigenvalue weighted by atomic mass is 9.93. The van der Waals surface area contributed by atoms with E-state index < -0.39 is 5.97 Å². The quantitative estimate of drug-likeness (QED) is 0.848. The molecule has 1 atom stereocenters. The molecule has 0 spiro atoms. The van der Waals surface area contributed by atoms with Crippen molar-refractivity contribution in [3.63, 3.8) is 0 Å². The van der Waals surface area contributed by atoms with Crippen LogP contribution in [0.25, 0.3) is 0 Å². The number of aliphatic carboxylic acids is 1. The molecule has 0 bridgehead atoms. The summed E-state index contributed by atoms with van der Waals surface area (Å²) >= 11 is 5.12. The van der Waals surface area contributed by atoms with Crippen molar-refractivity contribution >= 4 is 33.2 Å². The molecule has 19 heavy (non-hydrogen) atoms. The van der Waals surface area contributed by atoms with Crippen LogP contribution in [0.1, 0.15) is 17.5 Å². The van der Waals surface area contributed by atoms with Gasteiger partial charge in [0, 0.05) is 4.47 Å². The fourth-order valence-corrected chi connectivity index (χ4v) is 3.17. The fourth-order valence-electron chi connectivity index (χ4n) is 2.02. The molecule has 0 aliphatic heterocycles. The summed E-state index contributed by atoms with van der Waals surface area (Å²) in [6.45, 7) is 0. The van der Waals surface area contributed by atoms with Crippen LogP contribution >= 0.6 is 27.3 Å². The van der Waals surface area contributed by atoms with Gasteiger partial charge in [0.2, 0.25) is 0 Å². The molecule has 0 amide bonds. The number of rotatable bonds is 6. The van der Waals surface area contributed by atoms with E-state index in [9.17, 15) is 9.90 Å². The molecule has 2 nitrogen and oxygen atoms in total. The maximum atomic E-state index is 11.4. The minimum absolute atomic E-state index is 0.335. The largest absolute Gasteiger partial charge is 0.481 e. The lowest BCUT2D eigenvalue weighted by Gasteiger charge is -2.13. The van der Waals surface area contributed by atoms with Crippen molar-refractivity contribution in [2.75, 3.05) is 0 Å². The first kappa shape index (κ1) is 14.3. The first-order chi connectivity index (χ1) is 9.16. The van der Waals surface area contributed by atoms with E-state index in [4.69, 9.17) is 0 Å². The smallest absolute Gasteiger partial charge is 0.306 e. The van der Waals surface area contributed by atoms with Crippen LogP contribution in [0, 0.1) is 5.92 Å². The minimum Gasteiger partial charge on any atom is -0.481 e. The Labute approximate surface area is 125 Å². The highest BCUT2D eigenvalue weighted by Crippen LogP contribution is 2.22. The summed E-state index contributed by atoms with van der Waals surface area (Å²) in [7, 11) is 0. The first-order valence-corrected chi connectivity index (χ1v) is 7.87. The summed E-state index contributed by atoms with van der Waals surface area (Å²) in [5.74, 6) is -1.05. The van der Waals surface area contributed by atoms with Crippen LogP contribution in [-0.2, 0) is 17.6 Å². The molecule has 1 heterocycles. The van der Waals surface area contributed by atoms with Crippen LogP contribution < -0.4 is 0 Å². The second-order valence-corrected chi connectivity index (χ2v) is 6.14. The molecule has 1 N–H and O–H groups in total. The Kier molecular flexibility index (Phi) is 5.16. The van der Waals surface area contributed by atoms with Crippen molar-refractivity contribution in [3.8, 4) is 0 Å². The number of hydrogen-bond acceptors (Lipinski definition) is 2. The van der Waals surface area contributed by atoms with Crippen molar-refractivity contribution in [2.24, 2.45) is 5.92 Å². The van der Waals surface area contributed by atoms with Crippen LogP contribution in [0.15, 0.2) is 45.6 Å². The Balaban J connectivity index is 2.00. The van der Waals surface area contributed by atoms with Crippen molar-refractivity contribution in [2.45, 2.75) is 19.3 Å². The maximum Gasteiger partial charge on any atom is 0.306 e. The molecule has 0 saturated heterocycles. The van der Waals surface area contributed by atoms with Crippen LogP contribution in [0.5, 0.6) is 0 Å². The normalized spacial score (nSPS) is 12.3. The Bertz CT molecular complexity index is 537. The predicted octanol–water partition coefficient (Wildman–Crippen LogP) is 4.39. The summed E-state index contributed by atoms with van der Waals surface area (Å²) in [5, 5.41) is 13.4. The summed E-state index contributed by atoms with van der Waals surface area (Å²) in [6, 6.07) is 9.87. The van der Waals surface area contributed by atoms with E-state index in [-0.39, 0.29) is 5.92 Å². The topological polar surface area (TPSA) is 37.3 Å². The molecule has 1 aromatic heterocycles. The number of carboxylic acids is 1. The summed E-state index contributed by atoms with van der Waals surface area (Å²) in [5.41, 5.74) is 2.28. The first-order valence-electron chi connectivity index (χ1n) is 6.14.